The molecule has 0 aliphatic heterocycles. The summed E-state index contributed by atoms with van der Waals surface area (Å²) in [6.07, 6.45) is 0.0265. The van der Waals surface area contributed by atoms with Gasteiger partial charge in [0.1, 0.15) is 11.3 Å². The minimum atomic E-state index is -0.460. The van der Waals surface area contributed by atoms with Gasteiger partial charge in [0.2, 0.25) is 0 Å². The second kappa shape index (κ2) is 4.81. The van der Waals surface area contributed by atoms with E-state index in [2.05, 4.69) is 14.9 Å². The Balaban J connectivity index is 2.97. The molecule has 0 spiro atoms. The monoisotopic (exact) mass is 207 g/mol. The quantitative estimate of drug-likeness (QED) is 0.708. The van der Waals surface area contributed by atoms with Crippen molar-refractivity contribution in [3.63, 3.8) is 0 Å². The van der Waals surface area contributed by atoms with Gasteiger partial charge in [-0.05, 0) is 26.0 Å². The number of hydrogen-bond acceptors (Lipinski definition) is 3. The van der Waals surface area contributed by atoms with Crippen LogP contribution >= 0.6 is 0 Å². The number of para-hydroxylation sites is 1. The number of carbonyl (C=O) groups excluding carboxylic acids is 1. The topological polar surface area (TPSA) is 35.5 Å². The van der Waals surface area contributed by atoms with E-state index in [-0.39, 0.29) is 6.10 Å². The zero-order chi connectivity index (χ0) is 10.6. The van der Waals surface area contributed by atoms with Gasteiger partial charge in [0.05, 0.1) is 6.10 Å². The molecule has 0 saturated heterocycles. The third kappa shape index (κ3) is 2.60. The molecule has 4 heteroatoms. The van der Waals surface area contributed by atoms with Gasteiger partial charge in [-0.3, -0.25) is 0 Å². The highest BCUT2D eigenvalue weighted by Crippen LogP contribution is 2.19. The molecule has 73 valence electrons. The first-order valence-corrected chi connectivity index (χ1v) is 4.69. The molecule has 0 atom stereocenters. The van der Waals surface area contributed by atoms with Crippen molar-refractivity contribution in [1.29, 1.82) is 0 Å². The van der Waals surface area contributed by atoms with Crippen LogP contribution in [0.15, 0.2) is 24.3 Å². The molecule has 0 aliphatic rings. The predicted molar refractivity (Wildman–Crippen MR) is 53.4 cm³/mol. The van der Waals surface area contributed by atoms with Crippen molar-refractivity contribution >= 4 is 16.5 Å². The van der Waals surface area contributed by atoms with E-state index in [1.165, 1.54) is 0 Å². The average molecular weight is 207 g/mol. The smallest absolute Gasteiger partial charge is 0.345 e. The Morgan fingerprint density at radius 2 is 2.00 bits per heavy atom. The first-order valence-electron chi connectivity index (χ1n) is 4.28. The van der Waals surface area contributed by atoms with Crippen molar-refractivity contribution < 1.29 is 14.0 Å². The van der Waals surface area contributed by atoms with Gasteiger partial charge in [0.25, 0.3) is 0 Å². The van der Waals surface area contributed by atoms with Crippen molar-refractivity contribution in [3.05, 3.63) is 29.8 Å². The normalized spacial score (nSPS) is 10.0. The van der Waals surface area contributed by atoms with Gasteiger partial charge in [0, 0.05) is 0 Å². The maximum Gasteiger partial charge on any atom is 0.345 e. The molecule has 3 radical (unpaired) electrons. The van der Waals surface area contributed by atoms with E-state index < -0.39 is 5.97 Å². The molecular weight excluding hydrogens is 196 g/mol. The number of hydrogen-bond donors (Lipinski definition) is 0. The molecular formula is C10H11O3Si. The van der Waals surface area contributed by atoms with E-state index >= 15 is 0 Å². The molecule has 0 N–H and O–H groups in total. The van der Waals surface area contributed by atoms with Crippen molar-refractivity contribution in [3.8, 4) is 5.75 Å². The third-order valence-corrected chi connectivity index (χ3v) is 1.75. The summed E-state index contributed by atoms with van der Waals surface area (Å²) in [5, 5.41) is 0. The molecule has 0 bridgehead atoms. The van der Waals surface area contributed by atoms with E-state index in [1.807, 2.05) is 19.9 Å². The van der Waals surface area contributed by atoms with E-state index in [0.717, 1.165) is 0 Å². The SMILES string of the molecule is CC(C)Oc1ccccc1C(=O)O[Si]. The molecule has 0 saturated carbocycles. The fourth-order valence-corrected chi connectivity index (χ4v) is 1.16. The molecule has 14 heavy (non-hydrogen) atoms. The lowest BCUT2D eigenvalue weighted by Crippen LogP contribution is -2.11. The van der Waals surface area contributed by atoms with Crippen molar-refractivity contribution in [2.45, 2.75) is 20.0 Å². The number of carbonyl (C=O) groups is 1. The zero-order valence-corrected chi connectivity index (χ0v) is 9.11. The zero-order valence-electron chi connectivity index (χ0n) is 8.11. The molecule has 0 unspecified atom stereocenters. The van der Waals surface area contributed by atoms with Crippen LogP contribution < -0.4 is 4.74 Å². The maximum absolute atomic E-state index is 11.3. The van der Waals surface area contributed by atoms with Crippen LogP contribution in [-0.4, -0.2) is 22.6 Å². The Hall–Kier alpha value is -1.29. The summed E-state index contributed by atoms with van der Waals surface area (Å²) < 4.78 is 9.89. The molecule has 0 amide bonds. The summed E-state index contributed by atoms with van der Waals surface area (Å²) in [4.78, 5) is 11.3. The van der Waals surface area contributed by atoms with Crippen molar-refractivity contribution in [2.24, 2.45) is 0 Å². The minimum Gasteiger partial charge on any atom is -0.512 e. The van der Waals surface area contributed by atoms with Gasteiger partial charge >= 0.3 is 16.5 Å². The van der Waals surface area contributed by atoms with Crippen LogP contribution in [0, 0.1) is 0 Å². The van der Waals surface area contributed by atoms with Gasteiger partial charge in [-0.25, -0.2) is 4.79 Å². The second-order valence-electron chi connectivity index (χ2n) is 3.05. The molecule has 0 fully saturated rings. The highest BCUT2D eigenvalue weighted by molar-refractivity contribution is 6.10. The van der Waals surface area contributed by atoms with Crippen LogP contribution in [0.5, 0.6) is 5.75 Å². The Labute approximate surface area is 86.6 Å². The number of benzene rings is 1. The van der Waals surface area contributed by atoms with Crippen LogP contribution in [0.1, 0.15) is 24.2 Å². The van der Waals surface area contributed by atoms with E-state index in [0.29, 0.717) is 11.3 Å². The minimum absolute atomic E-state index is 0.0265. The first-order chi connectivity index (χ1) is 6.65. The summed E-state index contributed by atoms with van der Waals surface area (Å²) in [6.45, 7) is 3.80. The lowest BCUT2D eigenvalue weighted by atomic mass is 10.2. The Morgan fingerprint density at radius 3 is 2.57 bits per heavy atom. The largest absolute Gasteiger partial charge is 0.512 e. The fourth-order valence-electron chi connectivity index (χ4n) is 1.05. The van der Waals surface area contributed by atoms with E-state index in [1.54, 1.807) is 18.2 Å². The highest BCUT2D eigenvalue weighted by atomic mass is 28.2. The first kappa shape index (κ1) is 10.8. The molecule has 0 heterocycles. The summed E-state index contributed by atoms with van der Waals surface area (Å²) in [6, 6.07) is 6.95. The maximum atomic E-state index is 11.3. The van der Waals surface area contributed by atoms with Crippen LogP contribution in [0.3, 0.4) is 0 Å². The van der Waals surface area contributed by atoms with Crippen LogP contribution in [-0.2, 0) is 4.43 Å². The Bertz CT molecular complexity index is 323. The van der Waals surface area contributed by atoms with Crippen molar-refractivity contribution in [1.82, 2.24) is 0 Å². The fraction of sp³-hybridized carbons (Fsp3) is 0.300. The second-order valence-corrected chi connectivity index (χ2v) is 3.26. The predicted octanol–water partition coefficient (Wildman–Crippen LogP) is 1.71. The van der Waals surface area contributed by atoms with Crippen LogP contribution in [0.4, 0.5) is 0 Å². The van der Waals surface area contributed by atoms with Crippen LogP contribution in [0.2, 0.25) is 0 Å². The Morgan fingerprint density at radius 1 is 1.36 bits per heavy atom. The number of rotatable bonds is 3. The summed E-state index contributed by atoms with van der Waals surface area (Å²) in [5.41, 5.74) is 0.413. The van der Waals surface area contributed by atoms with Crippen molar-refractivity contribution in [2.75, 3.05) is 0 Å². The lowest BCUT2D eigenvalue weighted by molar-refractivity contribution is 0.0743. The lowest BCUT2D eigenvalue weighted by Gasteiger charge is -2.12. The van der Waals surface area contributed by atoms with E-state index in [9.17, 15) is 4.79 Å². The molecule has 1 rings (SSSR count). The Kier molecular flexibility index (Phi) is 3.70. The average Bonchev–Trinajstić information content (AvgIpc) is 2.16. The van der Waals surface area contributed by atoms with Crippen LogP contribution in [0.25, 0.3) is 0 Å². The number of ether oxygens (including phenoxy) is 1. The van der Waals surface area contributed by atoms with Gasteiger partial charge < -0.3 is 9.16 Å². The molecule has 0 aliphatic carbocycles. The molecule has 3 nitrogen and oxygen atoms in total. The standard InChI is InChI=1S/C10H11O3Si/c1-7(2)12-9-6-4-3-5-8(9)10(11)13-14/h3-7H,1-2H3. The summed E-state index contributed by atoms with van der Waals surface area (Å²) in [5.74, 6) is 0.0728. The molecule has 0 aromatic heterocycles. The van der Waals surface area contributed by atoms with E-state index in [4.69, 9.17) is 4.74 Å². The summed E-state index contributed by atoms with van der Waals surface area (Å²) in [7, 11) is 2.69. The highest BCUT2D eigenvalue weighted by Gasteiger charge is 2.12. The summed E-state index contributed by atoms with van der Waals surface area (Å²) >= 11 is 0. The van der Waals surface area contributed by atoms with Gasteiger partial charge in [-0.1, -0.05) is 12.1 Å². The van der Waals surface area contributed by atoms with Gasteiger partial charge in [-0.15, -0.1) is 0 Å². The molecule has 1 aromatic rings. The molecule has 1 aromatic carbocycles. The van der Waals surface area contributed by atoms with Gasteiger partial charge in [-0.2, -0.15) is 0 Å². The van der Waals surface area contributed by atoms with Gasteiger partial charge in [0.15, 0.2) is 0 Å². The third-order valence-electron chi connectivity index (χ3n) is 1.56.